The number of nitrogens with zero attached hydrogens (tertiary/aromatic N) is 3. The van der Waals surface area contributed by atoms with Crippen molar-refractivity contribution in [3.63, 3.8) is 0 Å². The first-order chi connectivity index (χ1) is 14.7. The highest BCUT2D eigenvalue weighted by atomic mass is 19.4. The molecule has 2 aromatic carbocycles. The monoisotopic (exact) mass is 433 g/mol. The summed E-state index contributed by atoms with van der Waals surface area (Å²) in [6.07, 6.45) is -2.07. The highest BCUT2D eigenvalue weighted by Gasteiger charge is 2.31. The molecule has 0 saturated carbocycles. The predicted molar refractivity (Wildman–Crippen MR) is 106 cm³/mol. The number of carbonyl (C=O) groups excluding carboxylic acids is 2. The molecule has 2 N–H and O–H groups in total. The Morgan fingerprint density at radius 2 is 1.94 bits per heavy atom. The van der Waals surface area contributed by atoms with Crippen molar-refractivity contribution in [3.05, 3.63) is 65.7 Å². The number of benzene rings is 2. The number of aryl methyl sites for hydroxylation is 1. The van der Waals surface area contributed by atoms with Gasteiger partial charge in [0.15, 0.2) is 0 Å². The second-order valence-corrected chi connectivity index (χ2v) is 6.46. The van der Waals surface area contributed by atoms with E-state index in [-0.39, 0.29) is 23.5 Å². The predicted octanol–water partition coefficient (Wildman–Crippen LogP) is 3.43. The van der Waals surface area contributed by atoms with E-state index in [0.29, 0.717) is 11.3 Å². The van der Waals surface area contributed by atoms with Crippen LogP contribution in [0.5, 0.6) is 0 Å². The van der Waals surface area contributed by atoms with Crippen molar-refractivity contribution in [2.75, 3.05) is 24.3 Å². The van der Waals surface area contributed by atoms with Gasteiger partial charge < -0.3 is 15.4 Å². The number of carbonyl (C=O) groups is 2. The number of alkyl halides is 3. The molecule has 0 aliphatic rings. The molecule has 162 valence electrons. The van der Waals surface area contributed by atoms with E-state index in [0.717, 1.165) is 12.1 Å². The third kappa shape index (κ3) is 5.00. The van der Waals surface area contributed by atoms with E-state index in [1.165, 1.54) is 30.5 Å². The molecule has 0 saturated heterocycles. The Morgan fingerprint density at radius 1 is 1.16 bits per heavy atom. The molecule has 0 spiro atoms. The fraction of sp³-hybridized carbons (Fsp3) is 0.200. The number of rotatable bonds is 6. The summed E-state index contributed by atoms with van der Waals surface area (Å²) in [6.45, 7) is 1.41. The van der Waals surface area contributed by atoms with Crippen molar-refractivity contribution in [1.82, 2.24) is 14.8 Å². The van der Waals surface area contributed by atoms with Gasteiger partial charge in [0.25, 0.3) is 0 Å². The van der Waals surface area contributed by atoms with Gasteiger partial charge in [-0.05, 0) is 36.8 Å². The van der Waals surface area contributed by atoms with E-state index in [4.69, 9.17) is 4.74 Å². The molecule has 0 aliphatic carbocycles. The second kappa shape index (κ2) is 8.86. The number of halogens is 3. The largest absolute Gasteiger partial charge is 0.465 e. The van der Waals surface area contributed by atoms with Crippen LogP contribution in [0, 0.1) is 6.92 Å². The van der Waals surface area contributed by atoms with Gasteiger partial charge in [-0.1, -0.05) is 12.1 Å². The molecule has 0 bridgehead atoms. The Morgan fingerprint density at radius 3 is 2.58 bits per heavy atom. The number of nitrogens with one attached hydrogen (secondary N) is 2. The Kier molecular flexibility index (Phi) is 6.23. The molecule has 0 aliphatic heterocycles. The third-order valence-corrected chi connectivity index (χ3v) is 4.37. The van der Waals surface area contributed by atoms with Crippen LogP contribution in [-0.2, 0) is 15.7 Å². The standard InChI is InChI=1S/C20H18F3N5O3/c1-12-4-3-5-14(18(12)19(30)31-2)25-9-17(29)27-15-8-13(20(21,22)23)6-7-16(15)28-11-24-10-26-28/h3-8,10-11,25H,9H2,1-2H3,(H,27,29). The van der Waals surface area contributed by atoms with Crippen LogP contribution in [0.2, 0.25) is 0 Å². The van der Waals surface area contributed by atoms with E-state index < -0.39 is 23.6 Å². The summed E-state index contributed by atoms with van der Waals surface area (Å²) in [4.78, 5) is 28.3. The number of hydrogen-bond donors (Lipinski definition) is 2. The van der Waals surface area contributed by atoms with E-state index >= 15 is 0 Å². The number of methoxy groups -OCH3 is 1. The molecule has 0 atom stereocenters. The fourth-order valence-corrected chi connectivity index (χ4v) is 2.90. The van der Waals surface area contributed by atoms with Gasteiger partial charge in [0.05, 0.1) is 36.2 Å². The molecular weight excluding hydrogens is 415 g/mol. The maximum absolute atomic E-state index is 13.1. The minimum absolute atomic E-state index is 0.0930. The van der Waals surface area contributed by atoms with Crippen LogP contribution in [0.1, 0.15) is 21.5 Å². The average molecular weight is 433 g/mol. The molecular formula is C20H18F3N5O3. The van der Waals surface area contributed by atoms with E-state index in [2.05, 4.69) is 20.7 Å². The number of ether oxygens (including phenoxy) is 1. The molecule has 3 rings (SSSR count). The lowest BCUT2D eigenvalue weighted by Gasteiger charge is -2.16. The number of amides is 1. The summed E-state index contributed by atoms with van der Waals surface area (Å²) in [6, 6.07) is 7.90. The van der Waals surface area contributed by atoms with Crippen molar-refractivity contribution in [2.45, 2.75) is 13.1 Å². The minimum Gasteiger partial charge on any atom is -0.465 e. The van der Waals surface area contributed by atoms with Crippen molar-refractivity contribution >= 4 is 23.3 Å². The first kappa shape index (κ1) is 21.8. The fourth-order valence-electron chi connectivity index (χ4n) is 2.90. The molecule has 0 unspecified atom stereocenters. The van der Waals surface area contributed by atoms with E-state index in [1.54, 1.807) is 25.1 Å². The summed E-state index contributed by atoms with van der Waals surface area (Å²) in [5.41, 5.74) is 0.465. The summed E-state index contributed by atoms with van der Waals surface area (Å²) in [7, 11) is 1.24. The lowest BCUT2D eigenvalue weighted by Crippen LogP contribution is -2.24. The maximum atomic E-state index is 13.1. The first-order valence-corrected chi connectivity index (χ1v) is 8.98. The van der Waals surface area contributed by atoms with Gasteiger partial charge in [-0.2, -0.15) is 18.3 Å². The number of aromatic nitrogens is 3. The Labute approximate surface area is 175 Å². The molecule has 31 heavy (non-hydrogen) atoms. The van der Waals surface area contributed by atoms with Gasteiger partial charge in [-0.25, -0.2) is 14.5 Å². The number of hydrogen-bond acceptors (Lipinski definition) is 6. The van der Waals surface area contributed by atoms with Crippen molar-refractivity contribution in [1.29, 1.82) is 0 Å². The van der Waals surface area contributed by atoms with Gasteiger partial charge in [0.2, 0.25) is 5.91 Å². The second-order valence-electron chi connectivity index (χ2n) is 6.46. The third-order valence-electron chi connectivity index (χ3n) is 4.37. The molecule has 1 amide bonds. The summed E-state index contributed by atoms with van der Waals surface area (Å²) < 4.78 is 45.4. The SMILES string of the molecule is COC(=O)c1c(C)cccc1NCC(=O)Nc1cc(C(F)(F)F)ccc1-n1cncn1. The summed E-state index contributed by atoms with van der Waals surface area (Å²) >= 11 is 0. The van der Waals surface area contributed by atoms with Crippen LogP contribution in [-0.4, -0.2) is 40.3 Å². The van der Waals surface area contributed by atoms with Crippen LogP contribution < -0.4 is 10.6 Å². The zero-order valence-electron chi connectivity index (χ0n) is 16.5. The van der Waals surface area contributed by atoms with Crippen LogP contribution >= 0.6 is 0 Å². The molecule has 0 radical (unpaired) electrons. The molecule has 0 fully saturated rings. The average Bonchev–Trinajstić information content (AvgIpc) is 3.25. The van der Waals surface area contributed by atoms with Crippen LogP contribution in [0.3, 0.4) is 0 Å². The van der Waals surface area contributed by atoms with Crippen LogP contribution in [0.4, 0.5) is 24.5 Å². The van der Waals surface area contributed by atoms with Crippen LogP contribution in [0.15, 0.2) is 49.1 Å². The van der Waals surface area contributed by atoms with E-state index in [1.807, 2.05) is 0 Å². The van der Waals surface area contributed by atoms with Gasteiger partial charge in [-0.3, -0.25) is 4.79 Å². The first-order valence-electron chi connectivity index (χ1n) is 8.98. The van der Waals surface area contributed by atoms with Crippen molar-refractivity contribution < 1.29 is 27.5 Å². The van der Waals surface area contributed by atoms with Crippen molar-refractivity contribution in [3.8, 4) is 5.69 Å². The quantitative estimate of drug-likeness (QED) is 0.578. The maximum Gasteiger partial charge on any atom is 0.416 e. The van der Waals surface area contributed by atoms with E-state index in [9.17, 15) is 22.8 Å². The Balaban J connectivity index is 1.82. The summed E-state index contributed by atoms with van der Waals surface area (Å²) in [5, 5.41) is 9.17. The molecule has 11 heteroatoms. The van der Waals surface area contributed by atoms with Gasteiger partial charge in [-0.15, -0.1) is 0 Å². The van der Waals surface area contributed by atoms with Crippen LogP contribution in [0.25, 0.3) is 5.69 Å². The Bertz CT molecular complexity index is 1100. The highest BCUT2D eigenvalue weighted by Crippen LogP contribution is 2.33. The zero-order chi connectivity index (χ0) is 22.6. The van der Waals surface area contributed by atoms with Gasteiger partial charge in [0.1, 0.15) is 12.7 Å². The molecule has 1 aromatic heterocycles. The normalized spacial score (nSPS) is 11.1. The minimum atomic E-state index is -4.59. The molecule has 3 aromatic rings. The summed E-state index contributed by atoms with van der Waals surface area (Å²) in [5.74, 6) is -1.20. The number of anilines is 2. The van der Waals surface area contributed by atoms with Crippen molar-refractivity contribution in [2.24, 2.45) is 0 Å². The molecule has 8 nitrogen and oxygen atoms in total. The Hall–Kier alpha value is -3.89. The smallest absolute Gasteiger partial charge is 0.416 e. The molecule has 1 heterocycles. The zero-order valence-corrected chi connectivity index (χ0v) is 16.5. The number of esters is 1. The highest BCUT2D eigenvalue weighted by molar-refractivity contribution is 5.99. The lowest BCUT2D eigenvalue weighted by atomic mass is 10.1. The van der Waals surface area contributed by atoms with Gasteiger partial charge in [0, 0.05) is 5.69 Å². The topological polar surface area (TPSA) is 98.1 Å². The van der Waals surface area contributed by atoms with Gasteiger partial charge >= 0.3 is 12.1 Å². The lowest BCUT2D eigenvalue weighted by molar-refractivity contribution is -0.137.